The van der Waals surface area contributed by atoms with Gasteiger partial charge in [0.2, 0.25) is 0 Å². The summed E-state index contributed by atoms with van der Waals surface area (Å²) < 4.78 is 0. The zero-order chi connectivity index (χ0) is 16.7. The lowest BCUT2D eigenvalue weighted by Crippen LogP contribution is -2.33. The van der Waals surface area contributed by atoms with Gasteiger partial charge in [0.15, 0.2) is 0 Å². The van der Waals surface area contributed by atoms with Crippen molar-refractivity contribution in [3.8, 4) is 0 Å². The van der Waals surface area contributed by atoms with Crippen LogP contribution in [0.5, 0.6) is 0 Å². The summed E-state index contributed by atoms with van der Waals surface area (Å²) in [7, 11) is 0. The zero-order valence-corrected chi connectivity index (χ0v) is 12.9. The molecule has 0 saturated carbocycles. The molecule has 0 aromatic carbocycles. The van der Waals surface area contributed by atoms with Gasteiger partial charge in [-0.1, -0.05) is 25.7 Å². The Bertz CT molecular complexity index is 242. The Hall–Kier alpha value is -1.18. The molecule has 0 amide bonds. The zero-order valence-electron chi connectivity index (χ0n) is 12.9. The van der Waals surface area contributed by atoms with Crippen molar-refractivity contribution >= 4 is 11.9 Å². The van der Waals surface area contributed by atoms with Crippen molar-refractivity contribution in [2.75, 3.05) is 0 Å². The van der Waals surface area contributed by atoms with Crippen LogP contribution in [-0.2, 0) is 9.59 Å². The van der Waals surface area contributed by atoms with Crippen molar-refractivity contribution < 1.29 is 30.0 Å². The fraction of sp³-hybridized carbons (Fsp3) is 0.857. The predicted molar refractivity (Wildman–Crippen MR) is 78.7 cm³/mol. The molecule has 2 atom stereocenters. The number of hydrogen-bond acceptors (Lipinski definition) is 5. The highest BCUT2D eigenvalue weighted by molar-refractivity contribution is 5.66. The van der Waals surface area contributed by atoms with E-state index in [0.717, 1.165) is 38.5 Å². The molecule has 5 N–H and O–H groups in total. The van der Waals surface area contributed by atoms with Crippen LogP contribution in [0.3, 0.4) is 0 Å². The van der Waals surface area contributed by atoms with Crippen LogP contribution in [0.2, 0.25) is 0 Å². The molecule has 0 aliphatic rings. The second-order valence-corrected chi connectivity index (χ2v) is 4.93. The molecule has 0 rings (SSSR count). The summed E-state index contributed by atoms with van der Waals surface area (Å²) in [6, 6.07) is 0. The third-order valence-electron chi connectivity index (χ3n) is 2.51. The second kappa shape index (κ2) is 15.2. The van der Waals surface area contributed by atoms with Crippen LogP contribution in [0.1, 0.15) is 65.2 Å². The van der Waals surface area contributed by atoms with Crippen LogP contribution < -0.4 is 5.32 Å². The number of carbonyl (C=O) groups is 2. The van der Waals surface area contributed by atoms with E-state index in [9.17, 15) is 9.59 Å². The van der Waals surface area contributed by atoms with Crippen molar-refractivity contribution in [3.05, 3.63) is 0 Å². The first-order chi connectivity index (χ1) is 9.75. The molecular weight excluding hydrogens is 278 g/mol. The van der Waals surface area contributed by atoms with Crippen LogP contribution in [0.4, 0.5) is 0 Å². The molecule has 126 valence electrons. The first-order valence-electron chi connectivity index (χ1n) is 7.31. The minimum Gasteiger partial charge on any atom is -0.481 e. The van der Waals surface area contributed by atoms with Gasteiger partial charge in [-0.3, -0.25) is 14.9 Å². The Labute approximate surface area is 126 Å². The molecule has 0 fully saturated rings. The number of nitrogens with one attached hydrogen (secondary N) is 1. The minimum absolute atomic E-state index is 0.245. The fourth-order valence-electron chi connectivity index (χ4n) is 1.61. The monoisotopic (exact) mass is 307 g/mol. The topological polar surface area (TPSA) is 127 Å². The minimum atomic E-state index is -0.740. The number of aliphatic hydroxyl groups is 2. The molecule has 0 aromatic heterocycles. The van der Waals surface area contributed by atoms with Crippen molar-refractivity contribution in [2.24, 2.45) is 0 Å². The van der Waals surface area contributed by atoms with Gasteiger partial charge in [0.1, 0.15) is 12.5 Å². The van der Waals surface area contributed by atoms with Crippen LogP contribution in [0.25, 0.3) is 0 Å². The average Bonchev–Trinajstić information content (AvgIpc) is 2.30. The molecule has 21 heavy (non-hydrogen) atoms. The molecule has 0 radical (unpaired) electrons. The summed E-state index contributed by atoms with van der Waals surface area (Å²) in [5.74, 6) is -1.48. The van der Waals surface area contributed by atoms with E-state index < -0.39 is 24.4 Å². The number of carboxylic acid groups (broad SMARTS) is 2. The number of hydrogen-bond donors (Lipinski definition) is 5. The Morgan fingerprint density at radius 2 is 1.05 bits per heavy atom. The van der Waals surface area contributed by atoms with E-state index in [2.05, 4.69) is 5.32 Å². The fourth-order valence-corrected chi connectivity index (χ4v) is 1.61. The Balaban J connectivity index is 0. The van der Waals surface area contributed by atoms with Gasteiger partial charge < -0.3 is 20.4 Å². The first-order valence-corrected chi connectivity index (χ1v) is 7.31. The van der Waals surface area contributed by atoms with Crippen molar-refractivity contribution in [3.63, 3.8) is 0 Å². The van der Waals surface area contributed by atoms with Gasteiger partial charge in [0, 0.05) is 12.8 Å². The van der Waals surface area contributed by atoms with Gasteiger partial charge in [-0.2, -0.15) is 0 Å². The summed E-state index contributed by atoms with van der Waals surface area (Å²) in [5, 5.41) is 36.0. The normalized spacial score (nSPS) is 13.0. The van der Waals surface area contributed by atoms with Crippen LogP contribution in [-0.4, -0.2) is 44.8 Å². The summed E-state index contributed by atoms with van der Waals surface area (Å²) >= 11 is 0. The lowest BCUT2D eigenvalue weighted by molar-refractivity contribution is -0.138. The standard InChI is InChI=1S/C10H18O4.C4H11NO2/c11-9(12)7-5-3-1-2-4-6-8-10(13)14;1-3(6)5-4(2)7/h1-8H2,(H,11,12)(H,13,14);3-7H,1-2H3. The van der Waals surface area contributed by atoms with E-state index in [1.807, 2.05) is 0 Å². The van der Waals surface area contributed by atoms with Gasteiger partial charge in [-0.05, 0) is 26.7 Å². The van der Waals surface area contributed by atoms with E-state index in [0.29, 0.717) is 0 Å². The molecule has 2 unspecified atom stereocenters. The Morgan fingerprint density at radius 3 is 1.24 bits per heavy atom. The largest absolute Gasteiger partial charge is 0.481 e. The Kier molecular flexibility index (Phi) is 16.0. The summed E-state index contributed by atoms with van der Waals surface area (Å²) in [6.45, 7) is 3.10. The first kappa shape index (κ1) is 22.1. The maximum Gasteiger partial charge on any atom is 0.303 e. The predicted octanol–water partition coefficient (Wildman–Crippen LogP) is 1.53. The number of rotatable bonds is 11. The molecular formula is C14H29NO6. The van der Waals surface area contributed by atoms with Crippen LogP contribution in [0.15, 0.2) is 0 Å². The summed E-state index contributed by atoms with van der Waals surface area (Å²) in [6.07, 6.45) is 4.57. The molecule has 7 heteroatoms. The second-order valence-electron chi connectivity index (χ2n) is 4.93. The molecule has 0 aliphatic heterocycles. The van der Waals surface area contributed by atoms with Crippen molar-refractivity contribution in [1.82, 2.24) is 5.32 Å². The summed E-state index contributed by atoms with van der Waals surface area (Å²) in [4.78, 5) is 20.3. The van der Waals surface area contributed by atoms with Gasteiger partial charge in [-0.25, -0.2) is 0 Å². The maximum absolute atomic E-state index is 10.1. The number of aliphatic hydroxyl groups excluding tert-OH is 2. The summed E-state index contributed by atoms with van der Waals surface area (Å²) in [5.41, 5.74) is 0. The van der Waals surface area contributed by atoms with E-state index in [1.165, 1.54) is 0 Å². The molecule has 0 aliphatic carbocycles. The van der Waals surface area contributed by atoms with Gasteiger partial charge in [-0.15, -0.1) is 0 Å². The third-order valence-corrected chi connectivity index (χ3v) is 2.51. The van der Waals surface area contributed by atoms with Crippen LogP contribution >= 0.6 is 0 Å². The molecule has 0 spiro atoms. The highest BCUT2D eigenvalue weighted by atomic mass is 16.4. The average molecular weight is 307 g/mol. The van der Waals surface area contributed by atoms with E-state index in [-0.39, 0.29) is 12.8 Å². The smallest absolute Gasteiger partial charge is 0.303 e. The highest BCUT2D eigenvalue weighted by Crippen LogP contribution is 2.08. The van der Waals surface area contributed by atoms with Crippen molar-refractivity contribution in [1.29, 1.82) is 0 Å². The lowest BCUT2D eigenvalue weighted by Gasteiger charge is -2.08. The molecule has 7 nitrogen and oxygen atoms in total. The van der Waals surface area contributed by atoms with Crippen molar-refractivity contribution in [2.45, 2.75) is 77.7 Å². The van der Waals surface area contributed by atoms with E-state index >= 15 is 0 Å². The molecule has 0 saturated heterocycles. The molecule has 0 aromatic rings. The SMILES string of the molecule is CC(O)NC(C)O.O=C(O)CCCCCCCCC(=O)O. The van der Waals surface area contributed by atoms with E-state index in [1.54, 1.807) is 13.8 Å². The highest BCUT2D eigenvalue weighted by Gasteiger charge is 1.98. The third kappa shape index (κ3) is 27.9. The molecule has 0 heterocycles. The maximum atomic E-state index is 10.1. The lowest BCUT2D eigenvalue weighted by atomic mass is 10.1. The van der Waals surface area contributed by atoms with E-state index in [4.69, 9.17) is 20.4 Å². The Morgan fingerprint density at radius 1 is 0.762 bits per heavy atom. The van der Waals surface area contributed by atoms with Gasteiger partial charge >= 0.3 is 11.9 Å². The van der Waals surface area contributed by atoms with Gasteiger partial charge in [0.25, 0.3) is 0 Å². The number of carboxylic acids is 2. The quantitative estimate of drug-likeness (QED) is 0.289. The molecule has 0 bridgehead atoms. The number of unbranched alkanes of at least 4 members (excludes halogenated alkanes) is 5. The van der Waals surface area contributed by atoms with Crippen LogP contribution in [0, 0.1) is 0 Å². The van der Waals surface area contributed by atoms with Gasteiger partial charge in [0.05, 0.1) is 0 Å². The number of aliphatic carboxylic acids is 2.